The van der Waals surface area contributed by atoms with E-state index in [9.17, 15) is 13.2 Å². The van der Waals surface area contributed by atoms with E-state index >= 15 is 0 Å². The van der Waals surface area contributed by atoms with E-state index in [0.717, 1.165) is 15.6 Å². The van der Waals surface area contributed by atoms with Gasteiger partial charge < -0.3 is 4.74 Å². The fraction of sp³-hybridized carbons (Fsp3) is 0.364. The number of ether oxygens (including phenoxy) is 1. The molecule has 1 aromatic rings. The zero-order valence-electron chi connectivity index (χ0n) is 10.6. The van der Waals surface area contributed by atoms with Gasteiger partial charge in [-0.2, -0.15) is 4.31 Å². The van der Waals surface area contributed by atoms with Crippen molar-refractivity contribution in [3.8, 4) is 0 Å². The van der Waals surface area contributed by atoms with Crippen LogP contribution in [0, 0.1) is 0 Å². The summed E-state index contributed by atoms with van der Waals surface area (Å²) < 4.78 is 31.2. The molecule has 1 aromatic heterocycles. The number of thiophene rings is 1. The van der Waals surface area contributed by atoms with E-state index in [0.29, 0.717) is 8.81 Å². The van der Waals surface area contributed by atoms with Crippen molar-refractivity contribution >= 4 is 54.9 Å². The second-order valence-electron chi connectivity index (χ2n) is 3.58. The quantitative estimate of drug-likeness (QED) is 0.519. The number of carbonyl (C=O) groups excluding carboxylic acids is 1. The molecule has 0 spiro atoms. The Hall–Kier alpha value is -0.410. The summed E-state index contributed by atoms with van der Waals surface area (Å²) in [6.45, 7) is 4.98. The molecule has 1 rings (SSSR count). The van der Waals surface area contributed by atoms with Gasteiger partial charge in [-0.15, -0.1) is 17.9 Å². The first kappa shape index (κ1) is 17.6. The van der Waals surface area contributed by atoms with Gasteiger partial charge in [-0.3, -0.25) is 4.79 Å². The Labute approximate surface area is 135 Å². The lowest BCUT2D eigenvalue weighted by Crippen LogP contribution is -2.36. The van der Waals surface area contributed by atoms with Crippen LogP contribution in [0.2, 0.25) is 5.02 Å². The van der Waals surface area contributed by atoms with E-state index in [1.807, 2.05) is 0 Å². The molecule has 0 saturated carbocycles. The summed E-state index contributed by atoms with van der Waals surface area (Å²) in [7, 11) is -3.81. The summed E-state index contributed by atoms with van der Waals surface area (Å²) in [5.74, 6) is -0.611. The molecule has 0 N–H and O–H groups in total. The third-order valence-corrected chi connectivity index (χ3v) is 6.90. The molecule has 0 atom stereocenters. The average molecular weight is 403 g/mol. The van der Waals surface area contributed by atoms with Gasteiger partial charge in [-0.1, -0.05) is 17.7 Å². The predicted molar refractivity (Wildman–Crippen MR) is 82.6 cm³/mol. The van der Waals surface area contributed by atoms with Crippen LogP contribution in [0.5, 0.6) is 0 Å². The third kappa shape index (κ3) is 4.29. The lowest BCUT2D eigenvalue weighted by molar-refractivity contribution is -0.143. The number of hydrogen-bond donors (Lipinski definition) is 0. The number of halogens is 2. The second kappa shape index (κ2) is 7.56. The van der Waals surface area contributed by atoms with E-state index < -0.39 is 16.0 Å². The van der Waals surface area contributed by atoms with E-state index in [1.54, 1.807) is 6.92 Å². The van der Waals surface area contributed by atoms with Crippen LogP contribution in [-0.4, -0.2) is 38.4 Å². The van der Waals surface area contributed by atoms with E-state index in [-0.39, 0.29) is 23.9 Å². The first-order chi connectivity index (χ1) is 9.32. The van der Waals surface area contributed by atoms with Crippen LogP contribution in [0.4, 0.5) is 0 Å². The van der Waals surface area contributed by atoms with Crippen molar-refractivity contribution in [3.05, 3.63) is 27.5 Å². The Balaban J connectivity index is 3.05. The molecule has 0 aliphatic carbocycles. The van der Waals surface area contributed by atoms with Crippen molar-refractivity contribution in [2.45, 2.75) is 11.1 Å². The molecule has 0 radical (unpaired) electrons. The highest BCUT2D eigenvalue weighted by molar-refractivity contribution is 9.11. The first-order valence-corrected chi connectivity index (χ1v) is 8.97. The van der Waals surface area contributed by atoms with Gasteiger partial charge in [0.1, 0.15) is 10.8 Å². The summed E-state index contributed by atoms with van der Waals surface area (Å²) in [6, 6.07) is 1.34. The summed E-state index contributed by atoms with van der Waals surface area (Å²) in [6.07, 6.45) is 1.40. The monoisotopic (exact) mass is 401 g/mol. The fourth-order valence-corrected chi connectivity index (χ4v) is 5.23. The highest BCUT2D eigenvalue weighted by atomic mass is 79.9. The molecule has 112 valence electrons. The first-order valence-electron chi connectivity index (χ1n) is 5.54. The summed E-state index contributed by atoms with van der Waals surface area (Å²) >= 11 is 9.99. The van der Waals surface area contributed by atoms with Gasteiger partial charge in [0.2, 0.25) is 0 Å². The standard InChI is InChI=1S/C11H13BrClNO4S2/c1-3-5-14(7-9(15)18-4-2)20(16,17)10-6-8(13)11(12)19-10/h3,6H,1,4-5,7H2,2H3. The van der Waals surface area contributed by atoms with Crippen molar-refractivity contribution < 1.29 is 17.9 Å². The number of rotatable bonds is 7. The molecule has 20 heavy (non-hydrogen) atoms. The normalized spacial score (nSPS) is 11.6. The second-order valence-corrected chi connectivity index (χ2v) is 8.52. The Morgan fingerprint density at radius 1 is 1.65 bits per heavy atom. The summed E-state index contributed by atoms with van der Waals surface area (Å²) in [5, 5.41) is 0.309. The molecule has 5 nitrogen and oxygen atoms in total. The Kier molecular flexibility index (Phi) is 6.67. The predicted octanol–water partition coefficient (Wildman–Crippen LogP) is 2.90. The van der Waals surface area contributed by atoms with Crippen molar-refractivity contribution in [2.24, 2.45) is 0 Å². The Bertz CT molecular complexity index is 580. The lowest BCUT2D eigenvalue weighted by atomic mass is 10.5. The number of esters is 1. The highest BCUT2D eigenvalue weighted by Crippen LogP contribution is 2.35. The number of hydrogen-bond acceptors (Lipinski definition) is 5. The van der Waals surface area contributed by atoms with Gasteiger partial charge in [-0.25, -0.2) is 8.42 Å². The van der Waals surface area contributed by atoms with Gasteiger partial charge in [0.05, 0.1) is 15.4 Å². The number of nitrogens with zero attached hydrogens (tertiary/aromatic N) is 1. The third-order valence-electron chi connectivity index (χ3n) is 2.16. The van der Waals surface area contributed by atoms with Crippen LogP contribution in [0.3, 0.4) is 0 Å². The molecular formula is C11H13BrClNO4S2. The zero-order chi connectivity index (χ0) is 15.3. The molecule has 0 saturated heterocycles. The minimum atomic E-state index is -3.81. The van der Waals surface area contributed by atoms with Gasteiger partial charge in [0.15, 0.2) is 0 Å². The number of carbonyl (C=O) groups is 1. The van der Waals surface area contributed by atoms with Crippen LogP contribution in [0.1, 0.15) is 6.92 Å². The molecule has 0 bridgehead atoms. The van der Waals surface area contributed by atoms with Gasteiger partial charge in [0.25, 0.3) is 10.0 Å². The molecule has 0 unspecified atom stereocenters. The maximum absolute atomic E-state index is 12.4. The van der Waals surface area contributed by atoms with Gasteiger partial charge in [-0.05, 0) is 28.9 Å². The maximum atomic E-state index is 12.4. The van der Waals surface area contributed by atoms with Gasteiger partial charge in [0, 0.05) is 6.54 Å². The fourth-order valence-electron chi connectivity index (χ4n) is 1.32. The largest absolute Gasteiger partial charge is 0.465 e. The van der Waals surface area contributed by atoms with Crippen LogP contribution in [0.15, 0.2) is 26.7 Å². The van der Waals surface area contributed by atoms with E-state index in [2.05, 4.69) is 22.5 Å². The minimum absolute atomic E-state index is 0.00822. The topological polar surface area (TPSA) is 63.7 Å². The highest BCUT2D eigenvalue weighted by Gasteiger charge is 2.28. The van der Waals surface area contributed by atoms with Crippen molar-refractivity contribution in [2.75, 3.05) is 19.7 Å². The Morgan fingerprint density at radius 2 is 2.30 bits per heavy atom. The average Bonchev–Trinajstić information content (AvgIpc) is 2.70. The minimum Gasteiger partial charge on any atom is -0.465 e. The molecule has 0 aliphatic heterocycles. The Morgan fingerprint density at radius 3 is 2.75 bits per heavy atom. The van der Waals surface area contributed by atoms with Crippen LogP contribution >= 0.6 is 38.9 Å². The number of sulfonamides is 1. The molecule has 0 aliphatic rings. The smallest absolute Gasteiger partial charge is 0.321 e. The SMILES string of the molecule is C=CCN(CC(=O)OCC)S(=O)(=O)c1cc(Cl)c(Br)s1. The van der Waals surface area contributed by atoms with Crippen molar-refractivity contribution in [3.63, 3.8) is 0 Å². The summed E-state index contributed by atoms with van der Waals surface area (Å²) in [4.78, 5) is 11.5. The van der Waals surface area contributed by atoms with Gasteiger partial charge >= 0.3 is 5.97 Å². The van der Waals surface area contributed by atoms with Crippen LogP contribution < -0.4 is 0 Å². The zero-order valence-corrected chi connectivity index (χ0v) is 14.6. The van der Waals surface area contributed by atoms with E-state index in [1.165, 1.54) is 12.1 Å². The summed E-state index contributed by atoms with van der Waals surface area (Å²) in [5.41, 5.74) is 0. The molecule has 9 heteroatoms. The maximum Gasteiger partial charge on any atom is 0.321 e. The molecule has 0 amide bonds. The molecular weight excluding hydrogens is 390 g/mol. The van der Waals surface area contributed by atoms with Crippen molar-refractivity contribution in [1.82, 2.24) is 4.31 Å². The van der Waals surface area contributed by atoms with Crippen LogP contribution in [0.25, 0.3) is 0 Å². The van der Waals surface area contributed by atoms with Crippen LogP contribution in [-0.2, 0) is 19.6 Å². The molecule has 0 aromatic carbocycles. The molecule has 1 heterocycles. The molecule has 0 fully saturated rings. The lowest BCUT2D eigenvalue weighted by Gasteiger charge is -2.18. The van der Waals surface area contributed by atoms with Crippen molar-refractivity contribution in [1.29, 1.82) is 0 Å². The van der Waals surface area contributed by atoms with E-state index in [4.69, 9.17) is 16.3 Å².